The second kappa shape index (κ2) is 6.15. The van der Waals surface area contributed by atoms with E-state index in [0.29, 0.717) is 12.2 Å². The van der Waals surface area contributed by atoms with E-state index in [0.717, 1.165) is 5.69 Å². The number of aromatic nitrogens is 2. The molecule has 0 radical (unpaired) electrons. The number of carbonyl (C=O) groups is 1. The van der Waals surface area contributed by atoms with Crippen molar-refractivity contribution in [1.29, 1.82) is 0 Å². The maximum Gasteiger partial charge on any atom is 0.272 e. The van der Waals surface area contributed by atoms with Crippen molar-refractivity contribution in [3.8, 4) is 5.69 Å². The molecule has 1 amide bonds. The number of benzene rings is 1. The number of thiophene rings is 1. The van der Waals surface area contributed by atoms with E-state index in [1.165, 1.54) is 10.4 Å². The standard InChI is InChI=1S/C17H17N3OS/c1-13-8-9-22-16(13)11-19(2)17(21)15-10-18-12-20(15)14-6-4-3-5-7-14/h3-10,12H,11H2,1-2H3. The first kappa shape index (κ1) is 14.5. The third kappa shape index (κ3) is 2.80. The quantitative estimate of drug-likeness (QED) is 0.739. The van der Waals surface area contributed by atoms with Gasteiger partial charge in [-0.1, -0.05) is 18.2 Å². The first-order chi connectivity index (χ1) is 10.7. The zero-order chi connectivity index (χ0) is 15.5. The Balaban J connectivity index is 1.84. The molecule has 0 aliphatic rings. The number of imidazole rings is 1. The molecule has 1 aromatic carbocycles. The predicted molar refractivity (Wildman–Crippen MR) is 88.4 cm³/mol. The molecule has 0 spiro atoms. The summed E-state index contributed by atoms with van der Waals surface area (Å²) in [4.78, 5) is 19.8. The van der Waals surface area contributed by atoms with Crippen LogP contribution in [0.25, 0.3) is 5.69 Å². The summed E-state index contributed by atoms with van der Waals surface area (Å²) < 4.78 is 1.82. The Morgan fingerprint density at radius 3 is 2.73 bits per heavy atom. The van der Waals surface area contributed by atoms with E-state index in [4.69, 9.17) is 0 Å². The second-order valence-electron chi connectivity index (χ2n) is 5.17. The average molecular weight is 311 g/mol. The SMILES string of the molecule is Cc1ccsc1CN(C)C(=O)c1cncn1-c1ccccc1. The Labute approximate surface area is 133 Å². The molecule has 0 aliphatic carbocycles. The number of amides is 1. The molecule has 3 aromatic rings. The van der Waals surface area contributed by atoms with Gasteiger partial charge in [-0.25, -0.2) is 4.98 Å². The van der Waals surface area contributed by atoms with Gasteiger partial charge in [-0.3, -0.25) is 9.36 Å². The summed E-state index contributed by atoms with van der Waals surface area (Å²) in [6.07, 6.45) is 3.29. The summed E-state index contributed by atoms with van der Waals surface area (Å²) in [6.45, 7) is 2.68. The number of carbonyl (C=O) groups excluding carboxylic acids is 1. The molecule has 0 fully saturated rings. The highest BCUT2D eigenvalue weighted by molar-refractivity contribution is 7.10. The summed E-state index contributed by atoms with van der Waals surface area (Å²) >= 11 is 1.68. The predicted octanol–water partition coefficient (Wildman–Crippen LogP) is 3.51. The van der Waals surface area contributed by atoms with Crippen LogP contribution in [0.5, 0.6) is 0 Å². The van der Waals surface area contributed by atoms with Gasteiger partial charge in [-0.2, -0.15) is 0 Å². The highest BCUT2D eigenvalue weighted by Gasteiger charge is 2.18. The van der Waals surface area contributed by atoms with Gasteiger partial charge in [0, 0.05) is 17.6 Å². The minimum absolute atomic E-state index is 0.0332. The second-order valence-corrected chi connectivity index (χ2v) is 6.17. The topological polar surface area (TPSA) is 38.1 Å². The van der Waals surface area contributed by atoms with Crippen LogP contribution < -0.4 is 0 Å². The molecule has 0 bridgehead atoms. The molecule has 3 rings (SSSR count). The lowest BCUT2D eigenvalue weighted by Crippen LogP contribution is -2.27. The van der Waals surface area contributed by atoms with Crippen molar-refractivity contribution in [1.82, 2.24) is 14.5 Å². The van der Waals surface area contributed by atoms with Crippen LogP contribution in [0.2, 0.25) is 0 Å². The Morgan fingerprint density at radius 1 is 1.27 bits per heavy atom. The lowest BCUT2D eigenvalue weighted by Gasteiger charge is -2.18. The molecule has 4 nitrogen and oxygen atoms in total. The molecular formula is C17H17N3OS. The van der Waals surface area contributed by atoms with Crippen molar-refractivity contribution >= 4 is 17.2 Å². The van der Waals surface area contributed by atoms with Crippen molar-refractivity contribution in [3.63, 3.8) is 0 Å². The fraction of sp³-hybridized carbons (Fsp3) is 0.176. The van der Waals surface area contributed by atoms with Gasteiger partial charge in [0.25, 0.3) is 5.91 Å². The van der Waals surface area contributed by atoms with Crippen molar-refractivity contribution in [2.24, 2.45) is 0 Å². The molecule has 0 saturated carbocycles. The van der Waals surface area contributed by atoms with E-state index in [2.05, 4.69) is 23.4 Å². The van der Waals surface area contributed by atoms with E-state index in [-0.39, 0.29) is 5.91 Å². The van der Waals surface area contributed by atoms with Gasteiger partial charge in [0.15, 0.2) is 0 Å². The van der Waals surface area contributed by atoms with Crippen LogP contribution in [0.4, 0.5) is 0 Å². The summed E-state index contributed by atoms with van der Waals surface area (Å²) in [5.74, 6) is -0.0332. The fourth-order valence-electron chi connectivity index (χ4n) is 2.30. The first-order valence-corrected chi connectivity index (χ1v) is 7.91. The highest BCUT2D eigenvalue weighted by atomic mass is 32.1. The Kier molecular flexibility index (Phi) is 4.06. The van der Waals surface area contributed by atoms with Crippen molar-refractivity contribution in [2.45, 2.75) is 13.5 Å². The molecule has 2 aromatic heterocycles. The highest BCUT2D eigenvalue weighted by Crippen LogP contribution is 2.19. The third-order valence-electron chi connectivity index (χ3n) is 3.59. The lowest BCUT2D eigenvalue weighted by atomic mass is 10.2. The third-order valence-corrected chi connectivity index (χ3v) is 4.60. The van der Waals surface area contributed by atoms with Gasteiger partial charge in [0.2, 0.25) is 0 Å². The van der Waals surface area contributed by atoms with Crippen LogP contribution in [0.3, 0.4) is 0 Å². The van der Waals surface area contributed by atoms with Gasteiger partial charge in [0.1, 0.15) is 5.69 Å². The van der Waals surface area contributed by atoms with Crippen LogP contribution in [0.1, 0.15) is 20.9 Å². The maximum atomic E-state index is 12.7. The number of rotatable bonds is 4. The van der Waals surface area contributed by atoms with E-state index >= 15 is 0 Å². The molecule has 5 heteroatoms. The number of aryl methyl sites for hydroxylation is 1. The van der Waals surface area contributed by atoms with Gasteiger partial charge in [-0.05, 0) is 36.1 Å². The van der Waals surface area contributed by atoms with E-state index in [9.17, 15) is 4.79 Å². The number of nitrogens with zero attached hydrogens (tertiary/aromatic N) is 3. The van der Waals surface area contributed by atoms with E-state index in [1.807, 2.05) is 41.9 Å². The Bertz CT molecular complexity index is 776. The van der Waals surface area contributed by atoms with Crippen molar-refractivity contribution < 1.29 is 4.79 Å². The Hall–Kier alpha value is -2.40. The summed E-state index contributed by atoms with van der Waals surface area (Å²) in [7, 11) is 1.82. The lowest BCUT2D eigenvalue weighted by molar-refractivity contribution is 0.0778. The van der Waals surface area contributed by atoms with Crippen molar-refractivity contribution in [2.75, 3.05) is 7.05 Å². The minimum atomic E-state index is -0.0332. The number of para-hydroxylation sites is 1. The summed E-state index contributed by atoms with van der Waals surface area (Å²) in [5.41, 5.74) is 2.73. The van der Waals surface area contributed by atoms with Gasteiger partial charge in [0.05, 0.1) is 19.1 Å². The van der Waals surface area contributed by atoms with Crippen LogP contribution in [-0.4, -0.2) is 27.4 Å². The van der Waals surface area contributed by atoms with E-state index < -0.39 is 0 Å². The molecule has 0 aliphatic heterocycles. The molecule has 0 saturated heterocycles. The fourth-order valence-corrected chi connectivity index (χ4v) is 3.26. The number of hydrogen-bond donors (Lipinski definition) is 0. The first-order valence-electron chi connectivity index (χ1n) is 7.03. The van der Waals surface area contributed by atoms with Gasteiger partial charge >= 0.3 is 0 Å². The minimum Gasteiger partial charge on any atom is -0.335 e. The van der Waals surface area contributed by atoms with Gasteiger partial charge < -0.3 is 4.90 Å². The normalized spacial score (nSPS) is 10.6. The van der Waals surface area contributed by atoms with Crippen LogP contribution in [-0.2, 0) is 6.54 Å². The molecule has 22 heavy (non-hydrogen) atoms. The van der Waals surface area contributed by atoms with Crippen LogP contribution in [0, 0.1) is 6.92 Å². The number of hydrogen-bond acceptors (Lipinski definition) is 3. The maximum absolute atomic E-state index is 12.7. The smallest absolute Gasteiger partial charge is 0.272 e. The summed E-state index contributed by atoms with van der Waals surface area (Å²) in [5, 5.41) is 2.05. The molecular weight excluding hydrogens is 294 g/mol. The zero-order valence-electron chi connectivity index (χ0n) is 12.6. The van der Waals surface area contributed by atoms with Crippen LogP contribution in [0.15, 0.2) is 54.3 Å². The average Bonchev–Trinajstić information content (AvgIpc) is 3.17. The zero-order valence-corrected chi connectivity index (χ0v) is 13.4. The monoisotopic (exact) mass is 311 g/mol. The summed E-state index contributed by atoms with van der Waals surface area (Å²) in [6, 6.07) is 11.8. The van der Waals surface area contributed by atoms with Crippen LogP contribution >= 0.6 is 11.3 Å². The molecule has 0 N–H and O–H groups in total. The largest absolute Gasteiger partial charge is 0.335 e. The van der Waals surface area contributed by atoms with Gasteiger partial charge in [-0.15, -0.1) is 11.3 Å². The molecule has 112 valence electrons. The Morgan fingerprint density at radius 2 is 2.05 bits per heavy atom. The molecule has 0 unspecified atom stereocenters. The van der Waals surface area contributed by atoms with E-state index in [1.54, 1.807) is 28.8 Å². The molecule has 0 atom stereocenters. The van der Waals surface area contributed by atoms with Crippen molar-refractivity contribution in [3.05, 3.63) is 70.4 Å². The molecule has 2 heterocycles.